The molecule has 0 aromatic heterocycles. The molecule has 0 fully saturated rings. The van der Waals surface area contributed by atoms with Crippen molar-refractivity contribution in [2.24, 2.45) is 0 Å². The van der Waals surface area contributed by atoms with Gasteiger partial charge < -0.3 is 15.0 Å². The molecule has 0 bridgehead atoms. The van der Waals surface area contributed by atoms with Crippen molar-refractivity contribution in [3.05, 3.63) is 29.3 Å². The lowest BCUT2D eigenvalue weighted by molar-refractivity contribution is -0.131. The average Bonchev–Trinajstić information content (AvgIpc) is 2.43. The van der Waals surface area contributed by atoms with E-state index >= 15 is 0 Å². The molecule has 1 aromatic carbocycles. The zero-order valence-electron chi connectivity index (χ0n) is 12.5. The summed E-state index contributed by atoms with van der Waals surface area (Å²) in [5, 5.41) is 3.20. The van der Waals surface area contributed by atoms with Gasteiger partial charge in [0.05, 0.1) is 0 Å². The van der Waals surface area contributed by atoms with Crippen LogP contribution < -0.4 is 10.1 Å². The van der Waals surface area contributed by atoms with Crippen molar-refractivity contribution >= 4 is 5.91 Å². The quantitative estimate of drug-likeness (QED) is 0.856. The molecule has 0 saturated carbocycles. The summed E-state index contributed by atoms with van der Waals surface area (Å²) in [5.41, 5.74) is 2.26. The Hall–Kier alpha value is -1.55. The number of aryl methyl sites for hydroxylation is 1. The molecule has 1 unspecified atom stereocenters. The van der Waals surface area contributed by atoms with Gasteiger partial charge in [-0.05, 0) is 33.9 Å². The minimum Gasteiger partial charge on any atom is -0.483 e. The monoisotopic (exact) mass is 264 g/mol. The Labute approximate surface area is 115 Å². The van der Waals surface area contributed by atoms with E-state index in [1.165, 1.54) is 5.56 Å². The Balaban J connectivity index is 2.80. The summed E-state index contributed by atoms with van der Waals surface area (Å²) in [4.78, 5) is 13.4. The molecule has 0 aliphatic carbocycles. The highest BCUT2D eigenvalue weighted by atomic mass is 16.5. The van der Waals surface area contributed by atoms with E-state index < -0.39 is 0 Å². The first-order chi connectivity index (χ1) is 8.99. The van der Waals surface area contributed by atoms with Crippen molar-refractivity contribution in [2.75, 3.05) is 27.2 Å². The SMILES string of the molecule is CCN(C)C(=O)COc1ccc(C)cc1C(C)NC. The second kappa shape index (κ2) is 7.14. The molecule has 1 amide bonds. The van der Waals surface area contributed by atoms with Gasteiger partial charge in [0.2, 0.25) is 0 Å². The summed E-state index contributed by atoms with van der Waals surface area (Å²) in [6.45, 7) is 6.83. The Morgan fingerprint density at radius 3 is 2.74 bits per heavy atom. The number of carbonyl (C=O) groups excluding carboxylic acids is 1. The molecule has 4 heteroatoms. The van der Waals surface area contributed by atoms with Gasteiger partial charge in [0.15, 0.2) is 6.61 Å². The molecule has 0 spiro atoms. The van der Waals surface area contributed by atoms with Crippen LogP contribution in [0.1, 0.15) is 31.0 Å². The third-order valence-electron chi connectivity index (χ3n) is 3.32. The highest BCUT2D eigenvalue weighted by Crippen LogP contribution is 2.26. The number of amides is 1. The molecular weight excluding hydrogens is 240 g/mol. The third-order valence-corrected chi connectivity index (χ3v) is 3.32. The van der Waals surface area contributed by atoms with Gasteiger partial charge in [-0.1, -0.05) is 17.7 Å². The van der Waals surface area contributed by atoms with Gasteiger partial charge in [-0.2, -0.15) is 0 Å². The van der Waals surface area contributed by atoms with Crippen LogP contribution >= 0.6 is 0 Å². The molecule has 106 valence electrons. The van der Waals surface area contributed by atoms with Crippen molar-refractivity contribution in [1.82, 2.24) is 10.2 Å². The van der Waals surface area contributed by atoms with Crippen molar-refractivity contribution in [3.63, 3.8) is 0 Å². The van der Waals surface area contributed by atoms with E-state index in [2.05, 4.69) is 18.3 Å². The summed E-state index contributed by atoms with van der Waals surface area (Å²) in [7, 11) is 3.69. The first-order valence-electron chi connectivity index (χ1n) is 6.64. The normalized spacial score (nSPS) is 12.1. The zero-order chi connectivity index (χ0) is 14.4. The summed E-state index contributed by atoms with van der Waals surface area (Å²) in [6, 6.07) is 6.20. The molecule has 0 aliphatic heterocycles. The number of rotatable bonds is 6. The first kappa shape index (κ1) is 15.5. The molecule has 1 N–H and O–H groups in total. The van der Waals surface area contributed by atoms with Crippen LogP contribution in [0.5, 0.6) is 5.75 Å². The van der Waals surface area contributed by atoms with Gasteiger partial charge in [0, 0.05) is 25.2 Å². The Kier molecular flexibility index (Phi) is 5.83. The van der Waals surface area contributed by atoms with Crippen LogP contribution in [0.25, 0.3) is 0 Å². The van der Waals surface area contributed by atoms with Gasteiger partial charge >= 0.3 is 0 Å². The fraction of sp³-hybridized carbons (Fsp3) is 0.533. The predicted molar refractivity (Wildman–Crippen MR) is 77.5 cm³/mol. The summed E-state index contributed by atoms with van der Waals surface area (Å²) < 4.78 is 5.67. The van der Waals surface area contributed by atoms with Gasteiger partial charge in [0.1, 0.15) is 5.75 Å². The average molecular weight is 264 g/mol. The van der Waals surface area contributed by atoms with E-state index in [0.717, 1.165) is 11.3 Å². The maximum Gasteiger partial charge on any atom is 0.260 e. The van der Waals surface area contributed by atoms with Crippen LogP contribution in [0.3, 0.4) is 0 Å². The van der Waals surface area contributed by atoms with Gasteiger partial charge in [-0.25, -0.2) is 0 Å². The minimum atomic E-state index is -0.00821. The number of hydrogen-bond donors (Lipinski definition) is 1. The van der Waals surface area contributed by atoms with Crippen molar-refractivity contribution in [2.45, 2.75) is 26.8 Å². The van der Waals surface area contributed by atoms with E-state index in [4.69, 9.17) is 4.74 Å². The van der Waals surface area contributed by atoms with Crippen molar-refractivity contribution < 1.29 is 9.53 Å². The fourth-order valence-corrected chi connectivity index (χ4v) is 1.72. The van der Waals surface area contributed by atoms with Crippen LogP contribution in [0, 0.1) is 6.92 Å². The van der Waals surface area contributed by atoms with Crippen LogP contribution in [-0.4, -0.2) is 38.1 Å². The first-order valence-corrected chi connectivity index (χ1v) is 6.64. The second-order valence-electron chi connectivity index (χ2n) is 4.75. The standard InChI is InChI=1S/C15H24N2O2/c1-6-17(5)15(18)10-19-14-8-7-11(2)9-13(14)12(3)16-4/h7-9,12,16H,6,10H2,1-5H3. The van der Waals surface area contributed by atoms with E-state index in [1.54, 1.807) is 11.9 Å². The smallest absolute Gasteiger partial charge is 0.260 e. The molecule has 0 saturated heterocycles. The summed E-state index contributed by atoms with van der Waals surface area (Å²) >= 11 is 0. The lowest BCUT2D eigenvalue weighted by atomic mass is 10.0. The second-order valence-corrected chi connectivity index (χ2v) is 4.75. The Morgan fingerprint density at radius 1 is 1.47 bits per heavy atom. The number of nitrogens with zero attached hydrogens (tertiary/aromatic N) is 1. The largest absolute Gasteiger partial charge is 0.483 e. The highest BCUT2D eigenvalue weighted by Gasteiger charge is 2.13. The molecule has 4 nitrogen and oxygen atoms in total. The molecule has 0 radical (unpaired) electrons. The third kappa shape index (κ3) is 4.24. The van der Waals surface area contributed by atoms with Crippen LogP contribution in [0.15, 0.2) is 18.2 Å². The highest BCUT2D eigenvalue weighted by molar-refractivity contribution is 5.77. The number of hydrogen-bond acceptors (Lipinski definition) is 3. The Bertz CT molecular complexity index is 432. The summed E-state index contributed by atoms with van der Waals surface area (Å²) in [6.07, 6.45) is 0. The molecule has 0 aliphatic rings. The predicted octanol–water partition coefficient (Wildman–Crippen LogP) is 2.13. The maximum absolute atomic E-state index is 11.8. The van der Waals surface area contributed by atoms with E-state index in [0.29, 0.717) is 6.54 Å². The van der Waals surface area contributed by atoms with Gasteiger partial charge in [-0.15, -0.1) is 0 Å². The molecule has 1 aromatic rings. The molecule has 1 rings (SSSR count). The number of ether oxygens (including phenoxy) is 1. The summed E-state index contributed by atoms with van der Waals surface area (Å²) in [5.74, 6) is 0.761. The van der Waals surface area contributed by atoms with Gasteiger partial charge in [-0.3, -0.25) is 4.79 Å². The van der Waals surface area contributed by atoms with Crippen LogP contribution in [0.2, 0.25) is 0 Å². The fourth-order valence-electron chi connectivity index (χ4n) is 1.72. The zero-order valence-corrected chi connectivity index (χ0v) is 12.5. The van der Waals surface area contributed by atoms with Crippen molar-refractivity contribution in [1.29, 1.82) is 0 Å². The van der Waals surface area contributed by atoms with Crippen molar-refractivity contribution in [3.8, 4) is 5.75 Å². The molecule has 0 heterocycles. The van der Waals surface area contributed by atoms with E-state index in [1.807, 2.05) is 33.0 Å². The molecule has 19 heavy (non-hydrogen) atoms. The number of likely N-dealkylation sites (N-methyl/N-ethyl adjacent to an activating group) is 1. The molecule has 1 atom stereocenters. The lowest BCUT2D eigenvalue weighted by Gasteiger charge is -2.19. The lowest BCUT2D eigenvalue weighted by Crippen LogP contribution is -2.31. The maximum atomic E-state index is 11.8. The number of benzene rings is 1. The number of carbonyl (C=O) groups is 1. The topological polar surface area (TPSA) is 41.6 Å². The van der Waals surface area contributed by atoms with Crippen LogP contribution in [0.4, 0.5) is 0 Å². The van der Waals surface area contributed by atoms with E-state index in [-0.39, 0.29) is 18.6 Å². The number of nitrogens with one attached hydrogen (secondary N) is 1. The van der Waals surface area contributed by atoms with E-state index in [9.17, 15) is 4.79 Å². The molecular formula is C15H24N2O2. The minimum absolute atomic E-state index is 0.00821. The van der Waals surface area contributed by atoms with Crippen LogP contribution in [-0.2, 0) is 4.79 Å². The van der Waals surface area contributed by atoms with Gasteiger partial charge in [0.25, 0.3) is 5.91 Å². The Morgan fingerprint density at radius 2 is 2.16 bits per heavy atom.